The molecule has 1 unspecified atom stereocenters. The molecule has 2 aromatic rings. The summed E-state index contributed by atoms with van der Waals surface area (Å²) in [4.78, 5) is 0. The molecule has 0 aliphatic rings. The summed E-state index contributed by atoms with van der Waals surface area (Å²) >= 11 is 7.36. The zero-order chi connectivity index (χ0) is 14.5. The Balaban J connectivity index is 2.16. The third kappa shape index (κ3) is 4.51. The van der Waals surface area contributed by atoms with Gasteiger partial charge in [0.25, 0.3) is 0 Å². The maximum Gasteiger partial charge on any atom is 0.137 e. The second kappa shape index (κ2) is 7.87. The smallest absolute Gasteiger partial charge is 0.137 e. The van der Waals surface area contributed by atoms with E-state index in [9.17, 15) is 4.39 Å². The van der Waals surface area contributed by atoms with E-state index in [1.807, 2.05) is 12.1 Å². The van der Waals surface area contributed by atoms with Crippen LogP contribution in [0, 0.1) is 8.70 Å². The number of thiophene rings is 1. The van der Waals surface area contributed by atoms with Crippen molar-refractivity contribution in [3.05, 3.63) is 53.9 Å². The van der Waals surface area contributed by atoms with Crippen molar-refractivity contribution in [2.75, 3.05) is 6.54 Å². The van der Waals surface area contributed by atoms with E-state index in [2.05, 4.69) is 62.2 Å². The third-order valence-corrected chi connectivity index (χ3v) is 5.47. The van der Waals surface area contributed by atoms with Crippen LogP contribution in [0.3, 0.4) is 0 Å². The van der Waals surface area contributed by atoms with Crippen LogP contribution in [0.5, 0.6) is 0 Å². The number of hydrogen-bond acceptors (Lipinski definition) is 2. The average molecular weight is 468 g/mol. The van der Waals surface area contributed by atoms with E-state index in [1.165, 1.54) is 14.5 Å². The third-order valence-electron chi connectivity index (χ3n) is 3.05. The summed E-state index contributed by atoms with van der Waals surface area (Å²) in [5, 5.41) is 5.78. The monoisotopic (exact) mass is 467 g/mol. The fourth-order valence-electron chi connectivity index (χ4n) is 2.03. The van der Waals surface area contributed by atoms with Crippen LogP contribution >= 0.6 is 49.9 Å². The lowest BCUT2D eigenvalue weighted by Gasteiger charge is -2.18. The fraction of sp³-hybridized carbons (Fsp3) is 0.333. The van der Waals surface area contributed by atoms with Gasteiger partial charge in [0.05, 0.1) is 7.36 Å². The van der Waals surface area contributed by atoms with Crippen molar-refractivity contribution in [2.45, 2.75) is 25.8 Å². The molecule has 0 radical (unpaired) electrons. The van der Waals surface area contributed by atoms with Crippen molar-refractivity contribution >= 4 is 49.9 Å². The summed E-state index contributed by atoms with van der Waals surface area (Å²) in [6, 6.07) is 7.75. The van der Waals surface area contributed by atoms with Crippen LogP contribution in [0.15, 0.2) is 34.1 Å². The molecule has 1 N–H and O–H groups in total. The molecule has 0 aliphatic heterocycles. The van der Waals surface area contributed by atoms with E-state index in [0.29, 0.717) is 4.47 Å². The van der Waals surface area contributed by atoms with Crippen molar-refractivity contribution in [2.24, 2.45) is 0 Å². The van der Waals surface area contributed by atoms with Gasteiger partial charge in [0, 0.05) is 6.04 Å². The van der Waals surface area contributed by atoms with Gasteiger partial charge in [-0.25, -0.2) is 4.39 Å². The molecule has 20 heavy (non-hydrogen) atoms. The minimum Gasteiger partial charge on any atom is -0.310 e. The molecule has 2 rings (SSSR count). The molecule has 0 spiro atoms. The molecule has 108 valence electrons. The first-order valence-electron chi connectivity index (χ1n) is 6.51. The molecule has 1 heterocycles. The normalized spacial score (nSPS) is 12.6. The van der Waals surface area contributed by atoms with Gasteiger partial charge in [-0.1, -0.05) is 13.0 Å². The van der Waals surface area contributed by atoms with Gasteiger partial charge in [0.15, 0.2) is 0 Å². The Labute approximate surface area is 145 Å². The molecule has 1 atom stereocenters. The Bertz CT molecular complexity index is 573. The molecular weight excluding hydrogens is 452 g/mol. The zero-order valence-corrected chi connectivity index (χ0v) is 15.7. The molecule has 1 aromatic carbocycles. The first-order chi connectivity index (χ1) is 9.60. The van der Waals surface area contributed by atoms with Crippen LogP contribution in [0.4, 0.5) is 4.39 Å². The minimum atomic E-state index is -0.211. The lowest BCUT2D eigenvalue weighted by molar-refractivity contribution is 0.529. The molecule has 0 aliphatic carbocycles. The second-order valence-electron chi connectivity index (χ2n) is 4.64. The van der Waals surface area contributed by atoms with Crippen LogP contribution in [-0.2, 0) is 6.42 Å². The van der Waals surface area contributed by atoms with E-state index in [-0.39, 0.29) is 11.9 Å². The van der Waals surface area contributed by atoms with E-state index >= 15 is 0 Å². The maximum absolute atomic E-state index is 13.3. The minimum absolute atomic E-state index is 0.211. The van der Waals surface area contributed by atoms with Gasteiger partial charge >= 0.3 is 0 Å². The van der Waals surface area contributed by atoms with Crippen LogP contribution in [0.1, 0.15) is 30.5 Å². The molecular formula is C15H16BrFINS. The lowest BCUT2D eigenvalue weighted by atomic mass is 10.0. The Morgan fingerprint density at radius 1 is 1.40 bits per heavy atom. The van der Waals surface area contributed by atoms with Gasteiger partial charge in [-0.2, -0.15) is 0 Å². The SMILES string of the molecule is CCCNC(Cc1ccc(F)c(Br)c1)c1csc(I)c1. The number of hydrogen-bond donors (Lipinski definition) is 1. The van der Waals surface area contributed by atoms with E-state index < -0.39 is 0 Å². The van der Waals surface area contributed by atoms with Crippen molar-refractivity contribution in [3.8, 4) is 0 Å². The van der Waals surface area contributed by atoms with Crippen LogP contribution in [0.2, 0.25) is 0 Å². The van der Waals surface area contributed by atoms with E-state index in [1.54, 1.807) is 11.3 Å². The van der Waals surface area contributed by atoms with Gasteiger partial charge in [-0.15, -0.1) is 11.3 Å². The molecule has 1 nitrogen and oxygen atoms in total. The highest BCUT2D eigenvalue weighted by atomic mass is 127. The van der Waals surface area contributed by atoms with Crippen molar-refractivity contribution in [3.63, 3.8) is 0 Å². The Morgan fingerprint density at radius 2 is 2.20 bits per heavy atom. The summed E-state index contributed by atoms with van der Waals surface area (Å²) in [5.74, 6) is -0.211. The lowest BCUT2D eigenvalue weighted by Crippen LogP contribution is -2.23. The summed E-state index contributed by atoms with van der Waals surface area (Å²) < 4.78 is 15.1. The second-order valence-corrected chi connectivity index (χ2v) is 8.30. The standard InChI is InChI=1S/C15H16BrFINS/c1-2-5-19-14(11-8-15(18)20-9-11)7-10-3-4-13(17)12(16)6-10/h3-4,6,8-9,14,19H,2,5,7H2,1H3. The number of benzene rings is 1. The molecule has 1 aromatic heterocycles. The Hall–Kier alpha value is 0.0200. The fourth-order valence-corrected chi connectivity index (χ4v) is 3.89. The highest BCUT2D eigenvalue weighted by Gasteiger charge is 2.14. The average Bonchev–Trinajstić information content (AvgIpc) is 2.85. The van der Waals surface area contributed by atoms with Crippen molar-refractivity contribution < 1.29 is 4.39 Å². The van der Waals surface area contributed by atoms with Gasteiger partial charge in [0.1, 0.15) is 5.82 Å². The Morgan fingerprint density at radius 3 is 2.80 bits per heavy atom. The largest absolute Gasteiger partial charge is 0.310 e. The predicted octanol–water partition coefficient (Wildman–Crippen LogP) is 5.54. The quantitative estimate of drug-likeness (QED) is 0.550. The Kier molecular flexibility index (Phi) is 6.45. The maximum atomic E-state index is 13.3. The highest BCUT2D eigenvalue weighted by molar-refractivity contribution is 14.1. The molecule has 0 bridgehead atoms. The van der Waals surface area contributed by atoms with Crippen LogP contribution in [0.25, 0.3) is 0 Å². The number of nitrogens with one attached hydrogen (secondary N) is 1. The highest BCUT2D eigenvalue weighted by Crippen LogP contribution is 2.26. The molecule has 5 heteroatoms. The van der Waals surface area contributed by atoms with E-state index in [4.69, 9.17) is 0 Å². The summed E-state index contributed by atoms with van der Waals surface area (Å²) in [6.07, 6.45) is 1.97. The van der Waals surface area contributed by atoms with Crippen LogP contribution in [-0.4, -0.2) is 6.54 Å². The number of halogens is 3. The van der Waals surface area contributed by atoms with Crippen LogP contribution < -0.4 is 5.32 Å². The first kappa shape index (κ1) is 16.4. The van der Waals surface area contributed by atoms with Gasteiger partial charge < -0.3 is 5.32 Å². The summed E-state index contributed by atoms with van der Waals surface area (Å²) in [6.45, 7) is 3.15. The van der Waals surface area contributed by atoms with Gasteiger partial charge in [0.2, 0.25) is 0 Å². The molecule has 0 fully saturated rings. The molecule has 0 amide bonds. The van der Waals surface area contributed by atoms with E-state index in [0.717, 1.165) is 24.9 Å². The predicted molar refractivity (Wildman–Crippen MR) is 95.9 cm³/mol. The van der Waals surface area contributed by atoms with Gasteiger partial charge in [-0.05, 0) is 92.6 Å². The van der Waals surface area contributed by atoms with Crippen molar-refractivity contribution in [1.82, 2.24) is 5.32 Å². The molecule has 0 saturated carbocycles. The first-order valence-corrected chi connectivity index (χ1v) is 9.26. The van der Waals surface area contributed by atoms with Gasteiger partial charge in [-0.3, -0.25) is 0 Å². The zero-order valence-electron chi connectivity index (χ0n) is 11.1. The van der Waals surface area contributed by atoms with Crippen molar-refractivity contribution in [1.29, 1.82) is 0 Å². The number of rotatable bonds is 6. The summed E-state index contributed by atoms with van der Waals surface area (Å²) in [5.41, 5.74) is 2.45. The molecule has 0 saturated heterocycles. The topological polar surface area (TPSA) is 12.0 Å². The summed E-state index contributed by atoms with van der Waals surface area (Å²) in [7, 11) is 0.